The van der Waals surface area contributed by atoms with Crippen LogP contribution in [0.3, 0.4) is 0 Å². The molecule has 3 amide bonds. The summed E-state index contributed by atoms with van der Waals surface area (Å²) in [6, 6.07) is 7.02. The Morgan fingerprint density at radius 3 is 3.06 bits per heavy atom. The maximum absolute atomic E-state index is 13.3. The van der Waals surface area contributed by atoms with Crippen molar-refractivity contribution in [1.29, 1.82) is 0 Å². The summed E-state index contributed by atoms with van der Waals surface area (Å²) in [7, 11) is 0. The molecule has 0 spiro atoms. The van der Waals surface area contributed by atoms with Crippen molar-refractivity contribution in [1.82, 2.24) is 15.2 Å². The maximum atomic E-state index is 13.3. The van der Waals surface area contributed by atoms with Crippen LogP contribution in [0.1, 0.15) is 28.1 Å². The summed E-state index contributed by atoms with van der Waals surface area (Å²) in [4.78, 5) is 35.9. The molecule has 1 atom stereocenters. The van der Waals surface area contributed by atoms with Crippen molar-refractivity contribution in [3.63, 3.8) is 0 Å². The number of hydrogen-bond donors (Lipinski definition) is 2. The van der Waals surface area contributed by atoms with E-state index in [-0.39, 0.29) is 18.0 Å². The Morgan fingerprint density at radius 1 is 1.42 bits per heavy atom. The normalized spacial score (nSPS) is 18.3. The third kappa shape index (κ3) is 3.99. The SMILES string of the molecule is C=CCN1CCC[C@@H](NC(=O)c2sc3nccc4c3c2NC(=O)N4c2ccc(C)c(Cl)c2)C1. The van der Waals surface area contributed by atoms with E-state index in [9.17, 15) is 9.59 Å². The van der Waals surface area contributed by atoms with Gasteiger partial charge in [0, 0.05) is 30.4 Å². The van der Waals surface area contributed by atoms with E-state index in [2.05, 4.69) is 27.1 Å². The topological polar surface area (TPSA) is 77.6 Å². The van der Waals surface area contributed by atoms with Crippen LogP contribution in [-0.4, -0.2) is 47.5 Å². The van der Waals surface area contributed by atoms with Crippen LogP contribution in [0.2, 0.25) is 5.02 Å². The van der Waals surface area contributed by atoms with Crippen molar-refractivity contribution >= 4 is 62.2 Å². The van der Waals surface area contributed by atoms with Crippen LogP contribution >= 0.6 is 22.9 Å². The predicted octanol–water partition coefficient (Wildman–Crippen LogP) is 5.32. The van der Waals surface area contributed by atoms with Gasteiger partial charge in [-0.25, -0.2) is 9.78 Å². The highest BCUT2D eigenvalue weighted by atomic mass is 35.5. The van der Waals surface area contributed by atoms with Crippen LogP contribution < -0.4 is 15.5 Å². The molecule has 2 aliphatic heterocycles. The van der Waals surface area contributed by atoms with Crippen LogP contribution in [0.4, 0.5) is 21.9 Å². The van der Waals surface area contributed by atoms with Crippen molar-refractivity contribution in [2.24, 2.45) is 0 Å². The molecule has 2 N–H and O–H groups in total. The van der Waals surface area contributed by atoms with Crippen LogP contribution in [0.15, 0.2) is 43.1 Å². The standard InChI is InChI=1S/C24H24ClN5O2S/c1-3-10-29-11-4-5-15(13-29)27-22(31)21-20-19-18(8-9-26-23(19)33-21)30(24(32)28-20)16-7-6-14(2)17(25)12-16/h3,6-9,12,15H,1,4-5,10-11,13H2,2H3,(H,27,31)(H,28,32)/t15-/m1/s1. The van der Waals surface area contributed by atoms with Gasteiger partial charge in [-0.3, -0.25) is 14.6 Å². The van der Waals surface area contributed by atoms with Crippen LogP contribution in [0.25, 0.3) is 10.2 Å². The molecule has 7 nitrogen and oxygen atoms in total. The molecule has 0 radical (unpaired) electrons. The number of nitrogens with one attached hydrogen (secondary N) is 2. The second-order valence-electron chi connectivity index (χ2n) is 8.38. The number of carbonyl (C=O) groups excluding carboxylic acids is 2. The minimum Gasteiger partial charge on any atom is -0.347 e. The Hall–Kier alpha value is -2.94. The van der Waals surface area contributed by atoms with Crippen molar-refractivity contribution in [2.75, 3.05) is 29.9 Å². The number of rotatable bonds is 5. The highest BCUT2D eigenvalue weighted by Gasteiger charge is 2.33. The molecule has 0 aliphatic carbocycles. The number of halogens is 1. The fourth-order valence-electron chi connectivity index (χ4n) is 4.49. The molecule has 0 bridgehead atoms. The lowest BCUT2D eigenvalue weighted by Crippen LogP contribution is -2.47. The molecule has 2 aromatic heterocycles. The second-order valence-corrected chi connectivity index (χ2v) is 9.78. The molecule has 0 unspecified atom stereocenters. The van der Waals surface area contributed by atoms with E-state index >= 15 is 0 Å². The molecule has 170 valence electrons. The number of urea groups is 1. The van der Waals surface area contributed by atoms with Gasteiger partial charge in [-0.05, 0) is 50.1 Å². The maximum Gasteiger partial charge on any atom is 0.331 e. The minimum atomic E-state index is -0.336. The number of hydrogen-bond acceptors (Lipinski definition) is 5. The van der Waals surface area contributed by atoms with E-state index in [0.29, 0.717) is 31.8 Å². The molecule has 1 saturated heterocycles. The Morgan fingerprint density at radius 2 is 2.27 bits per heavy atom. The third-order valence-electron chi connectivity index (χ3n) is 6.09. The third-order valence-corrected chi connectivity index (χ3v) is 7.60. The van der Waals surface area contributed by atoms with Gasteiger partial charge in [0.05, 0.1) is 22.4 Å². The van der Waals surface area contributed by atoms with Crippen LogP contribution in [0.5, 0.6) is 0 Å². The van der Waals surface area contributed by atoms with E-state index in [1.54, 1.807) is 23.2 Å². The van der Waals surface area contributed by atoms with Crippen molar-refractivity contribution in [2.45, 2.75) is 25.8 Å². The number of piperidine rings is 1. The molecule has 2 aliphatic rings. The average Bonchev–Trinajstić information content (AvgIpc) is 3.16. The number of anilines is 3. The van der Waals surface area contributed by atoms with Crippen molar-refractivity contribution < 1.29 is 9.59 Å². The molecule has 9 heteroatoms. The number of nitrogens with zero attached hydrogens (tertiary/aromatic N) is 3. The molecule has 5 rings (SSSR count). The van der Waals surface area contributed by atoms with E-state index in [1.807, 2.05) is 25.1 Å². The van der Waals surface area contributed by atoms with Gasteiger partial charge in [-0.1, -0.05) is 23.7 Å². The number of amides is 3. The van der Waals surface area contributed by atoms with E-state index in [1.165, 1.54) is 11.3 Å². The fourth-order valence-corrected chi connectivity index (χ4v) is 5.69. The molecule has 0 saturated carbocycles. The zero-order valence-electron chi connectivity index (χ0n) is 18.2. The quantitative estimate of drug-likeness (QED) is 0.483. The molecule has 4 heterocycles. The Balaban J connectivity index is 1.49. The molecular formula is C24H24ClN5O2S. The number of aryl methyl sites for hydroxylation is 1. The zero-order valence-corrected chi connectivity index (χ0v) is 19.8. The number of thiophene rings is 1. The minimum absolute atomic E-state index is 0.0570. The van der Waals surface area contributed by atoms with Crippen LogP contribution in [-0.2, 0) is 0 Å². The van der Waals surface area contributed by atoms with E-state index in [4.69, 9.17) is 11.6 Å². The lowest BCUT2D eigenvalue weighted by molar-refractivity contribution is 0.0913. The van der Waals surface area contributed by atoms with Crippen molar-refractivity contribution in [3.05, 3.63) is 58.6 Å². The van der Waals surface area contributed by atoms with E-state index < -0.39 is 0 Å². The summed E-state index contributed by atoms with van der Waals surface area (Å²) >= 11 is 7.62. The molecule has 33 heavy (non-hydrogen) atoms. The number of likely N-dealkylation sites (tertiary alicyclic amines) is 1. The van der Waals surface area contributed by atoms with Gasteiger partial charge >= 0.3 is 6.03 Å². The largest absolute Gasteiger partial charge is 0.347 e. The first-order chi connectivity index (χ1) is 16.0. The number of aromatic nitrogens is 1. The summed E-state index contributed by atoms with van der Waals surface area (Å²) < 4.78 is 0. The van der Waals surface area contributed by atoms with Gasteiger partial charge in [0.25, 0.3) is 5.91 Å². The number of benzene rings is 1. The first kappa shape index (κ1) is 21.9. The lowest BCUT2D eigenvalue weighted by Gasteiger charge is -2.32. The molecule has 1 aromatic carbocycles. The highest BCUT2D eigenvalue weighted by Crippen LogP contribution is 2.46. The van der Waals surface area contributed by atoms with Gasteiger partial charge in [0.1, 0.15) is 9.71 Å². The molecular weight excluding hydrogens is 458 g/mol. The summed E-state index contributed by atoms with van der Waals surface area (Å²) in [5.74, 6) is -0.184. The smallest absolute Gasteiger partial charge is 0.331 e. The summed E-state index contributed by atoms with van der Waals surface area (Å²) in [6.07, 6.45) is 5.50. The van der Waals surface area contributed by atoms with Gasteiger partial charge in [-0.15, -0.1) is 17.9 Å². The second kappa shape index (κ2) is 8.78. The van der Waals surface area contributed by atoms with Gasteiger partial charge in [0.15, 0.2) is 0 Å². The number of pyridine rings is 1. The zero-order chi connectivity index (χ0) is 23.1. The fraction of sp³-hybridized carbons (Fsp3) is 0.292. The first-order valence-corrected chi connectivity index (χ1v) is 12.1. The van der Waals surface area contributed by atoms with Crippen molar-refractivity contribution in [3.8, 4) is 0 Å². The number of carbonyl (C=O) groups is 2. The van der Waals surface area contributed by atoms with E-state index in [0.717, 1.165) is 43.4 Å². The Labute approximate surface area is 201 Å². The first-order valence-electron chi connectivity index (χ1n) is 10.9. The van der Waals surface area contributed by atoms with Gasteiger partial charge in [0.2, 0.25) is 0 Å². The van der Waals surface area contributed by atoms with Gasteiger partial charge in [-0.2, -0.15) is 0 Å². The monoisotopic (exact) mass is 481 g/mol. The summed E-state index contributed by atoms with van der Waals surface area (Å²) in [5.41, 5.74) is 2.79. The Bertz CT molecular complexity index is 1270. The predicted molar refractivity (Wildman–Crippen MR) is 134 cm³/mol. The Kier molecular flexibility index (Phi) is 5.82. The highest BCUT2D eigenvalue weighted by molar-refractivity contribution is 7.21. The summed E-state index contributed by atoms with van der Waals surface area (Å²) in [5, 5.41) is 7.44. The van der Waals surface area contributed by atoms with Gasteiger partial charge < -0.3 is 10.6 Å². The molecule has 3 aromatic rings. The summed E-state index contributed by atoms with van der Waals surface area (Å²) in [6.45, 7) is 8.33. The lowest BCUT2D eigenvalue weighted by atomic mass is 10.1. The van der Waals surface area contributed by atoms with Crippen LogP contribution in [0, 0.1) is 6.92 Å². The molecule has 1 fully saturated rings. The average molecular weight is 482 g/mol.